The molecule has 3 heteroatoms. The van der Waals surface area contributed by atoms with Crippen molar-refractivity contribution in [3.63, 3.8) is 0 Å². The molecule has 0 fully saturated rings. The Bertz CT molecular complexity index is 455. The number of aromatic nitrogens is 2. The first-order valence-corrected chi connectivity index (χ1v) is 6.15. The van der Waals surface area contributed by atoms with E-state index in [0.717, 1.165) is 19.3 Å². The number of rotatable bonds is 3. The van der Waals surface area contributed by atoms with E-state index in [1.165, 1.54) is 11.3 Å². The number of hydrogen-bond donors (Lipinski definition) is 0. The normalized spacial score (nSPS) is 19.2. The van der Waals surface area contributed by atoms with Crippen molar-refractivity contribution in [2.24, 2.45) is 12.5 Å². The molecule has 0 N–H and O–H groups in total. The molecule has 0 unspecified atom stereocenters. The van der Waals surface area contributed by atoms with Gasteiger partial charge in [-0.3, -0.25) is 9.48 Å². The van der Waals surface area contributed by atoms with Crippen molar-refractivity contribution in [3.05, 3.63) is 29.6 Å². The van der Waals surface area contributed by atoms with E-state index in [1.54, 1.807) is 0 Å². The van der Waals surface area contributed by atoms with Gasteiger partial charge in [-0.05, 0) is 36.8 Å². The second-order valence-electron chi connectivity index (χ2n) is 5.73. The Hall–Kier alpha value is -1.38. The van der Waals surface area contributed by atoms with Crippen LogP contribution in [0.15, 0.2) is 23.9 Å². The summed E-state index contributed by atoms with van der Waals surface area (Å²) >= 11 is 0. The summed E-state index contributed by atoms with van der Waals surface area (Å²) in [6.45, 7) is 4.34. The topological polar surface area (TPSA) is 34.9 Å². The third kappa shape index (κ3) is 3.05. The van der Waals surface area contributed by atoms with Gasteiger partial charge in [-0.1, -0.05) is 19.4 Å². The first kappa shape index (κ1) is 12.1. The fraction of sp³-hybridized carbons (Fsp3) is 0.571. The van der Waals surface area contributed by atoms with Crippen LogP contribution < -0.4 is 0 Å². The Labute approximate surface area is 103 Å². The van der Waals surface area contributed by atoms with Gasteiger partial charge in [0.1, 0.15) is 0 Å². The maximum absolute atomic E-state index is 11.6. The minimum Gasteiger partial charge on any atom is -0.295 e. The van der Waals surface area contributed by atoms with E-state index in [4.69, 9.17) is 0 Å². The molecule has 1 aromatic rings. The molecular formula is C14H20N2O. The van der Waals surface area contributed by atoms with Gasteiger partial charge in [0.05, 0.1) is 0 Å². The fourth-order valence-corrected chi connectivity index (χ4v) is 2.57. The number of allylic oxidation sites excluding steroid dienone is 2. The zero-order chi connectivity index (χ0) is 12.5. The highest BCUT2D eigenvalue weighted by atomic mass is 16.1. The number of nitrogens with zero attached hydrogens (tertiary/aromatic N) is 2. The van der Waals surface area contributed by atoms with E-state index in [-0.39, 0.29) is 11.2 Å². The van der Waals surface area contributed by atoms with Crippen LogP contribution in [0.5, 0.6) is 0 Å². The smallest absolute Gasteiger partial charge is 0.156 e. The molecule has 2 rings (SSSR count). The molecule has 0 bridgehead atoms. The molecule has 1 aliphatic rings. The molecular weight excluding hydrogens is 212 g/mol. The summed E-state index contributed by atoms with van der Waals surface area (Å²) in [4.78, 5) is 11.6. The highest BCUT2D eigenvalue weighted by molar-refractivity contribution is 5.91. The summed E-state index contributed by atoms with van der Waals surface area (Å²) in [5.41, 5.74) is 2.64. The zero-order valence-electron chi connectivity index (χ0n) is 10.9. The van der Waals surface area contributed by atoms with E-state index in [9.17, 15) is 4.79 Å². The lowest BCUT2D eigenvalue weighted by Crippen LogP contribution is -2.22. The quantitative estimate of drug-likeness (QED) is 0.803. The minimum absolute atomic E-state index is 0.133. The van der Waals surface area contributed by atoms with E-state index < -0.39 is 0 Å². The van der Waals surface area contributed by atoms with Crippen LogP contribution in [-0.4, -0.2) is 15.6 Å². The monoisotopic (exact) mass is 232 g/mol. The van der Waals surface area contributed by atoms with Gasteiger partial charge in [0.2, 0.25) is 0 Å². The Balaban J connectivity index is 2.00. The molecule has 0 spiro atoms. The minimum atomic E-state index is 0.133. The van der Waals surface area contributed by atoms with Gasteiger partial charge in [0.15, 0.2) is 5.78 Å². The molecule has 0 aliphatic heterocycles. The molecule has 92 valence electrons. The predicted molar refractivity (Wildman–Crippen MR) is 67.6 cm³/mol. The number of hydrogen-bond acceptors (Lipinski definition) is 2. The highest BCUT2D eigenvalue weighted by Crippen LogP contribution is 2.35. The van der Waals surface area contributed by atoms with E-state index in [0.29, 0.717) is 6.42 Å². The molecule has 0 saturated heterocycles. The highest BCUT2D eigenvalue weighted by Gasteiger charge is 2.27. The van der Waals surface area contributed by atoms with Crippen LogP contribution in [0.4, 0.5) is 0 Å². The van der Waals surface area contributed by atoms with Crippen LogP contribution in [0.1, 0.15) is 38.8 Å². The Kier molecular flexibility index (Phi) is 3.18. The standard InChI is InChI=1S/C14H20N2O/c1-14(2)9-11(8-13(17)10-14)4-5-12-6-7-15-16(12)3/h6-8H,4-5,9-10H2,1-3H3. The van der Waals surface area contributed by atoms with Gasteiger partial charge in [-0.15, -0.1) is 0 Å². The fourth-order valence-electron chi connectivity index (χ4n) is 2.57. The third-order valence-electron chi connectivity index (χ3n) is 3.35. The number of aryl methyl sites for hydroxylation is 2. The maximum Gasteiger partial charge on any atom is 0.156 e. The summed E-state index contributed by atoms with van der Waals surface area (Å²) in [5, 5.41) is 4.15. The van der Waals surface area contributed by atoms with Crippen LogP contribution >= 0.6 is 0 Å². The van der Waals surface area contributed by atoms with Crippen LogP contribution in [0.3, 0.4) is 0 Å². The SMILES string of the molecule is Cn1nccc1CCC1=CC(=O)CC(C)(C)C1. The Morgan fingerprint density at radius 3 is 2.71 bits per heavy atom. The first-order valence-electron chi connectivity index (χ1n) is 6.15. The van der Waals surface area contributed by atoms with Gasteiger partial charge in [-0.25, -0.2) is 0 Å². The molecule has 3 nitrogen and oxygen atoms in total. The average molecular weight is 232 g/mol. The molecule has 1 heterocycles. The molecule has 0 saturated carbocycles. The van der Waals surface area contributed by atoms with Crippen molar-refractivity contribution in [2.75, 3.05) is 0 Å². The first-order chi connectivity index (χ1) is 7.96. The van der Waals surface area contributed by atoms with Gasteiger partial charge in [0.25, 0.3) is 0 Å². The van der Waals surface area contributed by atoms with Crippen LogP contribution in [0.25, 0.3) is 0 Å². The number of carbonyl (C=O) groups is 1. The van der Waals surface area contributed by atoms with Gasteiger partial charge in [-0.2, -0.15) is 5.10 Å². The number of ketones is 1. The molecule has 0 atom stereocenters. The summed E-state index contributed by atoms with van der Waals surface area (Å²) < 4.78 is 1.90. The van der Waals surface area contributed by atoms with Crippen molar-refractivity contribution in [1.29, 1.82) is 0 Å². The van der Waals surface area contributed by atoms with Crippen molar-refractivity contribution in [3.8, 4) is 0 Å². The lowest BCUT2D eigenvalue weighted by molar-refractivity contribution is -0.117. The predicted octanol–water partition coefficient (Wildman–Crippen LogP) is 2.67. The Morgan fingerprint density at radius 1 is 1.35 bits per heavy atom. The maximum atomic E-state index is 11.6. The van der Waals surface area contributed by atoms with Crippen molar-refractivity contribution >= 4 is 5.78 Å². The summed E-state index contributed by atoms with van der Waals surface area (Å²) in [6.07, 6.45) is 7.32. The Morgan fingerprint density at radius 2 is 2.12 bits per heavy atom. The zero-order valence-corrected chi connectivity index (χ0v) is 10.9. The summed E-state index contributed by atoms with van der Waals surface area (Å²) in [5.74, 6) is 0.279. The molecule has 0 amide bonds. The summed E-state index contributed by atoms with van der Waals surface area (Å²) in [7, 11) is 1.96. The van der Waals surface area contributed by atoms with Gasteiger partial charge >= 0.3 is 0 Å². The molecule has 1 aliphatic carbocycles. The number of carbonyl (C=O) groups excluding carboxylic acids is 1. The van der Waals surface area contributed by atoms with Crippen molar-refractivity contribution in [1.82, 2.24) is 9.78 Å². The molecule has 1 aromatic heterocycles. The van der Waals surface area contributed by atoms with Crippen LogP contribution in [0.2, 0.25) is 0 Å². The van der Waals surface area contributed by atoms with Crippen LogP contribution in [-0.2, 0) is 18.3 Å². The van der Waals surface area contributed by atoms with Gasteiger partial charge < -0.3 is 0 Å². The second-order valence-corrected chi connectivity index (χ2v) is 5.73. The summed E-state index contributed by atoms with van der Waals surface area (Å²) in [6, 6.07) is 2.04. The average Bonchev–Trinajstić information content (AvgIpc) is 2.58. The van der Waals surface area contributed by atoms with Crippen molar-refractivity contribution < 1.29 is 4.79 Å². The van der Waals surface area contributed by atoms with Gasteiger partial charge in [0, 0.05) is 25.4 Å². The van der Waals surface area contributed by atoms with Crippen molar-refractivity contribution in [2.45, 2.75) is 39.5 Å². The van der Waals surface area contributed by atoms with E-state index in [1.807, 2.05) is 30.1 Å². The molecule has 17 heavy (non-hydrogen) atoms. The van der Waals surface area contributed by atoms with Crippen LogP contribution in [0, 0.1) is 5.41 Å². The van der Waals surface area contributed by atoms with E-state index >= 15 is 0 Å². The largest absolute Gasteiger partial charge is 0.295 e. The lowest BCUT2D eigenvalue weighted by atomic mass is 9.76. The molecule has 0 radical (unpaired) electrons. The third-order valence-corrected chi connectivity index (χ3v) is 3.35. The lowest BCUT2D eigenvalue weighted by Gasteiger charge is -2.28. The molecule has 0 aromatic carbocycles. The second kappa shape index (κ2) is 4.47. The van der Waals surface area contributed by atoms with E-state index in [2.05, 4.69) is 18.9 Å².